The Morgan fingerprint density at radius 1 is 1.58 bits per heavy atom. The van der Waals surface area contributed by atoms with Crippen LogP contribution in [0.15, 0.2) is 11.3 Å². The molecule has 106 valence electrons. The molecule has 0 aliphatic carbocycles. The summed E-state index contributed by atoms with van der Waals surface area (Å²) in [5.74, 6) is -0.746. The van der Waals surface area contributed by atoms with Gasteiger partial charge in [-0.05, 0) is 18.1 Å². The highest BCUT2D eigenvalue weighted by Gasteiger charge is 2.52. The standard InChI is InChI=1S/C10H10Cl3NO4S/c1-5-3-19(17)7-2-6(15)14(7)8(5)9(16)18-4-10(11,12)13/h7H,2-4H2,1H3/t7-,19?/m1/s1. The number of nitrogens with zero attached hydrogens (tertiary/aromatic N) is 1. The lowest BCUT2D eigenvalue weighted by molar-refractivity contribution is -0.149. The summed E-state index contributed by atoms with van der Waals surface area (Å²) in [6.07, 6.45) is 0.182. The van der Waals surface area contributed by atoms with Crippen LogP contribution in [0.25, 0.3) is 0 Å². The van der Waals surface area contributed by atoms with Gasteiger partial charge in [0.2, 0.25) is 15.1 Å². The van der Waals surface area contributed by atoms with Crippen molar-refractivity contribution >= 4 is 57.9 Å². The predicted molar refractivity (Wildman–Crippen MR) is 72.2 cm³/mol. The molecule has 19 heavy (non-hydrogen) atoms. The van der Waals surface area contributed by atoms with Gasteiger partial charge in [0.25, 0.3) is 0 Å². The predicted octanol–water partition coefficient (Wildman–Crippen LogP) is 1.49. The van der Waals surface area contributed by atoms with Gasteiger partial charge in [0.15, 0.2) is 0 Å². The van der Waals surface area contributed by atoms with Crippen LogP contribution >= 0.6 is 34.8 Å². The molecule has 9 heteroatoms. The van der Waals surface area contributed by atoms with E-state index in [2.05, 4.69) is 0 Å². The fourth-order valence-electron chi connectivity index (χ4n) is 1.94. The summed E-state index contributed by atoms with van der Waals surface area (Å²) in [4.78, 5) is 24.7. The van der Waals surface area contributed by atoms with Crippen molar-refractivity contribution in [2.45, 2.75) is 22.5 Å². The van der Waals surface area contributed by atoms with Gasteiger partial charge in [-0.15, -0.1) is 0 Å². The summed E-state index contributed by atoms with van der Waals surface area (Å²) < 4.78 is 14.9. The SMILES string of the molecule is CC1=C(C(=O)OCC(Cl)(Cl)Cl)N2C(=O)C[C@H]2[S+]([O-])C1. The average molecular weight is 347 g/mol. The van der Waals surface area contributed by atoms with Crippen LogP contribution in [-0.4, -0.2) is 42.9 Å². The van der Waals surface area contributed by atoms with Crippen molar-refractivity contribution in [2.75, 3.05) is 12.4 Å². The van der Waals surface area contributed by atoms with Gasteiger partial charge in [-0.1, -0.05) is 34.8 Å². The Bertz CT molecular complexity index is 462. The number of hydrogen-bond donors (Lipinski definition) is 0. The zero-order valence-corrected chi connectivity index (χ0v) is 12.9. The summed E-state index contributed by atoms with van der Waals surface area (Å²) in [5.41, 5.74) is 0.659. The minimum absolute atomic E-state index is 0.120. The first-order chi connectivity index (χ1) is 8.70. The highest BCUT2D eigenvalue weighted by atomic mass is 35.6. The molecule has 0 aromatic rings. The van der Waals surface area contributed by atoms with E-state index in [0.29, 0.717) is 5.57 Å². The van der Waals surface area contributed by atoms with E-state index in [0.717, 1.165) is 0 Å². The molecular weight excluding hydrogens is 337 g/mol. The maximum Gasteiger partial charge on any atom is 0.355 e. The van der Waals surface area contributed by atoms with E-state index in [1.165, 1.54) is 4.90 Å². The number of β-lactam (4-membered cyclic amide) rings is 1. The highest BCUT2D eigenvalue weighted by molar-refractivity contribution is 7.92. The summed E-state index contributed by atoms with van der Waals surface area (Å²) in [6.45, 7) is 1.22. The molecule has 1 saturated heterocycles. The van der Waals surface area contributed by atoms with Crippen LogP contribution in [0.2, 0.25) is 0 Å². The van der Waals surface area contributed by atoms with Crippen LogP contribution in [0.4, 0.5) is 0 Å². The molecule has 1 fully saturated rings. The number of hydrogen-bond acceptors (Lipinski definition) is 4. The molecule has 0 N–H and O–H groups in total. The molecule has 2 heterocycles. The van der Waals surface area contributed by atoms with E-state index < -0.39 is 32.9 Å². The molecule has 2 aliphatic rings. The molecule has 0 aromatic heterocycles. The number of amides is 1. The minimum Gasteiger partial charge on any atom is -0.614 e. The van der Waals surface area contributed by atoms with Crippen LogP contribution in [0.5, 0.6) is 0 Å². The topological polar surface area (TPSA) is 69.7 Å². The third-order valence-corrected chi connectivity index (χ3v) is 4.80. The van der Waals surface area contributed by atoms with Crippen molar-refractivity contribution in [2.24, 2.45) is 0 Å². The van der Waals surface area contributed by atoms with Gasteiger partial charge in [-0.3, -0.25) is 9.69 Å². The normalized spacial score (nSPS) is 27.0. The quantitative estimate of drug-likeness (QED) is 0.329. The van der Waals surface area contributed by atoms with Crippen molar-refractivity contribution in [1.29, 1.82) is 0 Å². The molecule has 1 unspecified atom stereocenters. The van der Waals surface area contributed by atoms with Crippen molar-refractivity contribution in [3.63, 3.8) is 0 Å². The maximum atomic E-state index is 11.9. The first-order valence-electron chi connectivity index (χ1n) is 5.33. The highest BCUT2D eigenvalue weighted by Crippen LogP contribution is 2.36. The molecule has 2 rings (SSSR count). The molecule has 0 saturated carbocycles. The van der Waals surface area contributed by atoms with E-state index >= 15 is 0 Å². The Morgan fingerprint density at radius 3 is 2.74 bits per heavy atom. The Hall–Kier alpha value is -0.140. The second-order valence-electron chi connectivity index (χ2n) is 4.27. The Balaban J connectivity index is 2.15. The fraction of sp³-hybridized carbons (Fsp3) is 0.600. The summed E-state index contributed by atoms with van der Waals surface area (Å²) in [5, 5.41) is -0.438. The van der Waals surface area contributed by atoms with Gasteiger partial charge >= 0.3 is 5.97 Å². The number of carbonyl (C=O) groups is 2. The number of esters is 1. The van der Waals surface area contributed by atoms with E-state index in [9.17, 15) is 14.1 Å². The van der Waals surface area contributed by atoms with Crippen molar-refractivity contribution in [3.8, 4) is 0 Å². The Kier molecular flexibility index (Phi) is 4.28. The van der Waals surface area contributed by atoms with Gasteiger partial charge in [-0.25, -0.2) is 4.79 Å². The van der Waals surface area contributed by atoms with Crippen molar-refractivity contribution < 1.29 is 18.9 Å². The molecule has 0 aromatic carbocycles. The number of carbonyl (C=O) groups excluding carboxylic acids is 2. The van der Waals surface area contributed by atoms with Crippen LogP contribution in [0, 0.1) is 0 Å². The molecule has 1 amide bonds. The molecule has 0 bridgehead atoms. The number of alkyl halides is 3. The lowest BCUT2D eigenvalue weighted by Gasteiger charge is -2.44. The molecule has 2 atom stereocenters. The molecule has 5 nitrogen and oxygen atoms in total. The summed E-state index contributed by atoms with van der Waals surface area (Å²) >= 11 is 15.3. The smallest absolute Gasteiger partial charge is 0.355 e. The average Bonchev–Trinajstić information content (AvgIpc) is 2.27. The molecule has 0 radical (unpaired) electrons. The fourth-order valence-corrected chi connectivity index (χ4v) is 3.64. The zero-order chi connectivity index (χ0) is 14.4. The third kappa shape index (κ3) is 3.13. The second kappa shape index (κ2) is 5.33. The van der Waals surface area contributed by atoms with Gasteiger partial charge in [0, 0.05) is 5.57 Å². The first kappa shape index (κ1) is 15.3. The molecular formula is C10H10Cl3NO4S. The number of rotatable bonds is 2. The van der Waals surface area contributed by atoms with Crippen LogP contribution < -0.4 is 0 Å². The summed E-state index contributed by atoms with van der Waals surface area (Å²) in [7, 11) is 0. The van der Waals surface area contributed by atoms with Crippen molar-refractivity contribution in [1.82, 2.24) is 4.90 Å². The lowest BCUT2D eigenvalue weighted by Crippen LogP contribution is -2.60. The largest absolute Gasteiger partial charge is 0.614 e. The maximum absolute atomic E-state index is 11.9. The van der Waals surface area contributed by atoms with Crippen LogP contribution in [0.1, 0.15) is 13.3 Å². The van der Waals surface area contributed by atoms with Gasteiger partial charge < -0.3 is 9.29 Å². The van der Waals surface area contributed by atoms with Gasteiger partial charge in [0.1, 0.15) is 18.1 Å². The number of halogens is 3. The van der Waals surface area contributed by atoms with Crippen LogP contribution in [-0.2, 0) is 25.5 Å². The minimum atomic E-state index is -1.71. The van der Waals surface area contributed by atoms with E-state index in [4.69, 9.17) is 39.5 Å². The Labute approximate surface area is 128 Å². The zero-order valence-electron chi connectivity index (χ0n) is 9.82. The Morgan fingerprint density at radius 2 is 2.21 bits per heavy atom. The van der Waals surface area contributed by atoms with Crippen LogP contribution in [0.3, 0.4) is 0 Å². The lowest BCUT2D eigenvalue weighted by atomic mass is 10.1. The number of ether oxygens (including phenoxy) is 1. The van der Waals surface area contributed by atoms with E-state index in [1.807, 2.05) is 0 Å². The monoisotopic (exact) mass is 345 g/mol. The van der Waals surface area contributed by atoms with Gasteiger partial charge in [0.05, 0.1) is 6.42 Å². The first-order valence-corrected chi connectivity index (χ1v) is 7.85. The summed E-state index contributed by atoms with van der Waals surface area (Å²) in [6, 6.07) is 0. The second-order valence-corrected chi connectivity index (χ2v) is 8.38. The van der Waals surface area contributed by atoms with Crippen molar-refractivity contribution in [3.05, 3.63) is 11.3 Å². The molecule has 0 spiro atoms. The van der Waals surface area contributed by atoms with Gasteiger partial charge in [-0.2, -0.15) is 0 Å². The third-order valence-electron chi connectivity index (χ3n) is 2.77. The van der Waals surface area contributed by atoms with E-state index in [-0.39, 0.29) is 23.8 Å². The number of fused-ring (bicyclic) bond motifs is 1. The van der Waals surface area contributed by atoms with E-state index in [1.54, 1.807) is 6.92 Å². The molecule has 2 aliphatic heterocycles.